The Morgan fingerprint density at radius 3 is 2.31 bits per heavy atom. The summed E-state index contributed by atoms with van der Waals surface area (Å²) in [6, 6.07) is 0.962. The van der Waals surface area contributed by atoms with Crippen LogP contribution in [-0.4, -0.2) is 37.0 Å². The molecule has 0 radical (unpaired) electrons. The molecule has 0 unspecified atom stereocenters. The van der Waals surface area contributed by atoms with Gasteiger partial charge in [0.1, 0.15) is 23.7 Å². The molecule has 0 aliphatic heterocycles. The molecule has 0 bridgehead atoms. The molecule has 0 aliphatic rings. The fraction of sp³-hybridized carbons (Fsp3) is 0.389. The van der Waals surface area contributed by atoms with E-state index in [4.69, 9.17) is 0 Å². The molecule has 0 saturated carbocycles. The fourth-order valence-electron chi connectivity index (χ4n) is 2.18. The number of carbonyl (C=O) groups excluding carboxylic acids is 3. The van der Waals surface area contributed by atoms with Gasteiger partial charge in [0.15, 0.2) is 0 Å². The highest BCUT2D eigenvalue weighted by atomic mass is 19.1. The lowest BCUT2D eigenvalue weighted by Gasteiger charge is -2.19. The molecule has 6 nitrogen and oxygen atoms in total. The molecule has 2 amide bonds. The molecule has 0 aliphatic carbocycles. The summed E-state index contributed by atoms with van der Waals surface area (Å²) in [5.41, 5.74) is 0.146. The maximum Gasteiger partial charge on any atom is 0.328 e. The van der Waals surface area contributed by atoms with Gasteiger partial charge in [0.2, 0.25) is 11.8 Å². The second-order valence-electron chi connectivity index (χ2n) is 5.63. The zero-order valence-electron chi connectivity index (χ0n) is 14.8. The minimum Gasteiger partial charge on any atom is -0.467 e. The number of benzene rings is 1. The predicted octanol–water partition coefficient (Wildman–Crippen LogP) is 1.64. The van der Waals surface area contributed by atoms with Crippen molar-refractivity contribution in [3.8, 4) is 0 Å². The van der Waals surface area contributed by atoms with Gasteiger partial charge in [-0.2, -0.15) is 0 Å². The first kappa shape index (κ1) is 21.3. The lowest BCUT2D eigenvalue weighted by atomic mass is 10.1. The molecule has 0 saturated heterocycles. The van der Waals surface area contributed by atoms with E-state index in [1.807, 2.05) is 0 Å². The minimum absolute atomic E-state index is 0.146. The Bertz CT molecular complexity index is 672. The van der Waals surface area contributed by atoms with Gasteiger partial charge >= 0.3 is 5.97 Å². The van der Waals surface area contributed by atoms with Gasteiger partial charge in [-0.15, -0.1) is 0 Å². The average molecular weight is 368 g/mol. The maximum atomic E-state index is 13.1. The molecule has 2 N–H and O–H groups in total. The number of nitrogens with one attached hydrogen (secondary N) is 2. The van der Waals surface area contributed by atoms with Crippen LogP contribution in [0.15, 0.2) is 30.4 Å². The van der Waals surface area contributed by atoms with Crippen LogP contribution in [0.5, 0.6) is 0 Å². The first-order valence-electron chi connectivity index (χ1n) is 8.00. The van der Waals surface area contributed by atoms with E-state index in [1.165, 1.54) is 14.0 Å². The predicted molar refractivity (Wildman–Crippen MR) is 91.0 cm³/mol. The second kappa shape index (κ2) is 10.3. The summed E-state index contributed by atoms with van der Waals surface area (Å²) in [5.74, 6) is -3.35. The highest BCUT2D eigenvalue weighted by molar-refractivity contribution is 5.90. The lowest BCUT2D eigenvalue weighted by molar-refractivity contribution is -0.145. The van der Waals surface area contributed by atoms with E-state index in [0.717, 1.165) is 12.1 Å². The summed E-state index contributed by atoms with van der Waals surface area (Å²) in [6.07, 6.45) is 3.39. The number of hydrogen-bond acceptors (Lipinski definition) is 4. The second-order valence-corrected chi connectivity index (χ2v) is 5.63. The van der Waals surface area contributed by atoms with Crippen LogP contribution in [0.4, 0.5) is 8.78 Å². The van der Waals surface area contributed by atoms with Crippen LogP contribution >= 0.6 is 0 Å². The summed E-state index contributed by atoms with van der Waals surface area (Å²) < 4.78 is 30.9. The molecular formula is C18H22F2N2O4. The standard InChI is InChI=1S/C18H22F2N2O4/c1-4-5-6-15(18(25)26-3)22-17(24)11(2)21-16(23)9-12-7-13(19)10-14(20)8-12/h4-5,7-8,10-11,15H,6,9H2,1-3H3,(H,21,23)(H,22,24)/t11-,15-/m0/s1. The van der Waals surface area contributed by atoms with Gasteiger partial charge in [-0.25, -0.2) is 13.6 Å². The maximum absolute atomic E-state index is 13.1. The number of esters is 1. The van der Waals surface area contributed by atoms with E-state index in [0.29, 0.717) is 6.07 Å². The quantitative estimate of drug-likeness (QED) is 0.540. The van der Waals surface area contributed by atoms with Crippen molar-refractivity contribution in [3.63, 3.8) is 0 Å². The molecule has 0 heterocycles. The molecule has 2 atom stereocenters. The Labute approximate surface area is 150 Å². The molecule has 0 fully saturated rings. The van der Waals surface area contributed by atoms with Gasteiger partial charge < -0.3 is 15.4 Å². The SMILES string of the molecule is CC=CC[C@H](NC(=O)[C@H](C)NC(=O)Cc1cc(F)cc(F)c1)C(=O)OC. The number of hydrogen-bond donors (Lipinski definition) is 2. The van der Waals surface area contributed by atoms with E-state index in [1.54, 1.807) is 19.1 Å². The lowest BCUT2D eigenvalue weighted by Crippen LogP contribution is -2.50. The summed E-state index contributed by atoms with van der Waals surface area (Å²) in [7, 11) is 1.21. The van der Waals surface area contributed by atoms with Crippen molar-refractivity contribution in [1.29, 1.82) is 0 Å². The zero-order valence-corrected chi connectivity index (χ0v) is 14.8. The molecule has 0 spiro atoms. The number of ether oxygens (including phenoxy) is 1. The van der Waals surface area contributed by atoms with E-state index >= 15 is 0 Å². The highest BCUT2D eigenvalue weighted by Gasteiger charge is 2.24. The topological polar surface area (TPSA) is 84.5 Å². The number of rotatable bonds is 8. The molecule has 1 aromatic carbocycles. The van der Waals surface area contributed by atoms with Gasteiger partial charge in [0, 0.05) is 6.07 Å². The van der Waals surface area contributed by atoms with Crippen LogP contribution in [0.2, 0.25) is 0 Å². The number of carbonyl (C=O) groups is 3. The normalized spacial score (nSPS) is 13.1. The Morgan fingerprint density at radius 2 is 1.77 bits per heavy atom. The molecule has 142 valence electrons. The average Bonchev–Trinajstić information content (AvgIpc) is 2.56. The number of halogens is 2. The third-order valence-corrected chi connectivity index (χ3v) is 3.47. The summed E-state index contributed by atoms with van der Waals surface area (Å²) in [6.45, 7) is 3.21. The third kappa shape index (κ3) is 7.00. The van der Waals surface area contributed by atoms with Crippen molar-refractivity contribution in [1.82, 2.24) is 10.6 Å². The zero-order chi connectivity index (χ0) is 19.7. The molecular weight excluding hydrogens is 346 g/mol. The summed E-state index contributed by atoms with van der Waals surface area (Å²) >= 11 is 0. The summed E-state index contributed by atoms with van der Waals surface area (Å²) in [4.78, 5) is 35.8. The van der Waals surface area contributed by atoms with Crippen molar-refractivity contribution in [2.24, 2.45) is 0 Å². The van der Waals surface area contributed by atoms with Crippen LogP contribution in [0, 0.1) is 11.6 Å². The van der Waals surface area contributed by atoms with Crippen LogP contribution in [0.1, 0.15) is 25.8 Å². The minimum atomic E-state index is -0.946. The molecule has 1 rings (SSSR count). The molecule has 8 heteroatoms. The largest absolute Gasteiger partial charge is 0.467 e. The van der Waals surface area contributed by atoms with Gasteiger partial charge in [-0.3, -0.25) is 9.59 Å². The van der Waals surface area contributed by atoms with Crippen LogP contribution in [0.3, 0.4) is 0 Å². The Morgan fingerprint density at radius 1 is 1.15 bits per heavy atom. The van der Waals surface area contributed by atoms with Gasteiger partial charge in [-0.05, 0) is 38.0 Å². The van der Waals surface area contributed by atoms with Gasteiger partial charge in [0.25, 0.3) is 0 Å². The van der Waals surface area contributed by atoms with Gasteiger partial charge in [-0.1, -0.05) is 12.2 Å². The van der Waals surface area contributed by atoms with Crippen molar-refractivity contribution >= 4 is 17.8 Å². The molecule has 26 heavy (non-hydrogen) atoms. The summed E-state index contributed by atoms with van der Waals surface area (Å²) in [5, 5.41) is 4.91. The fourth-order valence-corrected chi connectivity index (χ4v) is 2.18. The van der Waals surface area contributed by atoms with Crippen molar-refractivity contribution < 1.29 is 27.9 Å². The molecule has 1 aromatic rings. The van der Waals surface area contributed by atoms with Crippen LogP contribution in [0.25, 0.3) is 0 Å². The Hall–Kier alpha value is -2.77. The smallest absolute Gasteiger partial charge is 0.328 e. The monoisotopic (exact) mass is 368 g/mol. The first-order chi connectivity index (χ1) is 12.3. The van der Waals surface area contributed by atoms with E-state index in [2.05, 4.69) is 15.4 Å². The van der Waals surface area contributed by atoms with E-state index in [9.17, 15) is 23.2 Å². The number of allylic oxidation sites excluding steroid dienone is 1. The number of methoxy groups -OCH3 is 1. The number of amides is 2. The van der Waals surface area contributed by atoms with Crippen molar-refractivity contribution in [2.75, 3.05) is 7.11 Å². The van der Waals surface area contributed by atoms with Gasteiger partial charge in [0.05, 0.1) is 13.5 Å². The van der Waals surface area contributed by atoms with E-state index in [-0.39, 0.29) is 18.4 Å². The highest BCUT2D eigenvalue weighted by Crippen LogP contribution is 2.08. The van der Waals surface area contributed by atoms with E-state index < -0.39 is 41.5 Å². The first-order valence-corrected chi connectivity index (χ1v) is 8.00. The third-order valence-electron chi connectivity index (χ3n) is 3.47. The van der Waals surface area contributed by atoms with Crippen LogP contribution < -0.4 is 10.6 Å². The Kier molecular flexibility index (Phi) is 8.41. The van der Waals surface area contributed by atoms with Crippen LogP contribution in [-0.2, 0) is 25.5 Å². The van der Waals surface area contributed by atoms with Crippen molar-refractivity contribution in [3.05, 3.63) is 47.5 Å². The van der Waals surface area contributed by atoms with Crippen molar-refractivity contribution in [2.45, 2.75) is 38.8 Å². The Balaban J connectivity index is 2.63. The molecule has 0 aromatic heterocycles.